The third kappa shape index (κ3) is 9.52. The van der Waals surface area contributed by atoms with Crippen LogP contribution in [0.4, 0.5) is 14.5 Å². The topological polar surface area (TPSA) is 171 Å². The molecule has 0 saturated carbocycles. The number of carboxylic acid groups (broad SMARTS) is 1. The molecule has 3 amide bonds. The van der Waals surface area contributed by atoms with Crippen molar-refractivity contribution in [2.45, 2.75) is 55.7 Å². The van der Waals surface area contributed by atoms with Crippen LogP contribution in [0.15, 0.2) is 72.8 Å². The molecule has 5 atom stereocenters. The first-order valence-electron chi connectivity index (χ1n) is 15.4. The number of thioether (sulfide) groups is 1. The van der Waals surface area contributed by atoms with E-state index in [2.05, 4.69) is 10.6 Å². The number of hydrogen-bond acceptors (Lipinski definition) is 8. The molecule has 11 nitrogen and oxygen atoms in total. The number of carbonyl (C=O) groups is 4. The number of nitrogens with one attached hydrogen (secondary N) is 2. The summed E-state index contributed by atoms with van der Waals surface area (Å²) < 4.78 is 32.5. The fourth-order valence-corrected chi connectivity index (χ4v) is 6.42. The summed E-state index contributed by atoms with van der Waals surface area (Å²) >= 11 is 1.26. The Morgan fingerprint density at radius 3 is 2.19 bits per heavy atom. The minimum absolute atomic E-state index is 0.174. The highest BCUT2D eigenvalue weighted by atomic mass is 32.2. The van der Waals surface area contributed by atoms with E-state index in [4.69, 9.17) is 10.5 Å². The molecule has 3 aromatic carbocycles. The highest BCUT2D eigenvalue weighted by Gasteiger charge is 2.49. The monoisotopic (exact) mass is 684 g/mol. The minimum Gasteiger partial charge on any atom is -0.484 e. The number of carboxylic acids is 1. The van der Waals surface area contributed by atoms with Crippen LogP contribution in [0.25, 0.3) is 0 Å². The Morgan fingerprint density at radius 2 is 1.58 bits per heavy atom. The molecule has 1 fully saturated rings. The van der Waals surface area contributed by atoms with E-state index in [0.717, 1.165) is 5.56 Å². The Morgan fingerprint density at radius 1 is 0.958 bits per heavy atom. The number of ether oxygens (including phenoxy) is 1. The summed E-state index contributed by atoms with van der Waals surface area (Å²) in [6.07, 6.45) is 0.437. The highest BCUT2D eigenvalue weighted by molar-refractivity contribution is 8.00. The van der Waals surface area contributed by atoms with Gasteiger partial charge in [-0.3, -0.25) is 14.4 Å². The van der Waals surface area contributed by atoms with E-state index in [1.807, 2.05) is 0 Å². The predicted octanol–water partition coefficient (Wildman–Crippen LogP) is 3.47. The van der Waals surface area contributed by atoms with E-state index in [-0.39, 0.29) is 18.1 Å². The van der Waals surface area contributed by atoms with Crippen molar-refractivity contribution in [3.05, 3.63) is 95.6 Å². The summed E-state index contributed by atoms with van der Waals surface area (Å²) in [7, 11) is 0. The number of hydrogen-bond donors (Lipinski definition) is 5. The quantitative estimate of drug-likeness (QED) is 0.106. The van der Waals surface area contributed by atoms with Crippen molar-refractivity contribution in [1.82, 2.24) is 10.6 Å². The number of nitrogens with two attached hydrogens (primary N) is 1. The van der Waals surface area contributed by atoms with Gasteiger partial charge in [0.05, 0.1) is 12.1 Å². The summed E-state index contributed by atoms with van der Waals surface area (Å²) in [4.78, 5) is 51.3. The van der Waals surface area contributed by atoms with Crippen molar-refractivity contribution in [2.24, 2.45) is 5.73 Å². The lowest BCUT2D eigenvalue weighted by molar-refractivity contribution is -0.142. The molecule has 0 bridgehead atoms. The molecule has 1 unspecified atom stereocenters. The normalized spacial score (nSPS) is 17.5. The first kappa shape index (κ1) is 36.3. The van der Waals surface area contributed by atoms with Crippen LogP contribution in [0.5, 0.6) is 5.75 Å². The van der Waals surface area contributed by atoms with Gasteiger partial charge in [0.1, 0.15) is 34.7 Å². The summed E-state index contributed by atoms with van der Waals surface area (Å²) in [5.74, 6) is -2.99. The lowest BCUT2D eigenvalue weighted by Crippen LogP contribution is -2.57. The van der Waals surface area contributed by atoms with Gasteiger partial charge in [0.25, 0.3) is 5.91 Å². The molecule has 1 heterocycles. The molecule has 1 aliphatic rings. The Balaban J connectivity index is 1.36. The van der Waals surface area contributed by atoms with Gasteiger partial charge >= 0.3 is 5.97 Å². The Bertz CT molecular complexity index is 1560. The van der Waals surface area contributed by atoms with E-state index >= 15 is 0 Å². The number of carbonyl (C=O) groups excluding carboxylic acids is 3. The average molecular weight is 685 g/mol. The molecule has 3 aromatic rings. The average Bonchev–Trinajstić information content (AvgIpc) is 3.07. The van der Waals surface area contributed by atoms with E-state index in [0.29, 0.717) is 36.4 Å². The van der Waals surface area contributed by atoms with Gasteiger partial charge in [-0.15, -0.1) is 11.8 Å². The Labute approximate surface area is 280 Å². The number of halogens is 2. The molecule has 0 spiro atoms. The number of aliphatic carboxylic acids is 1. The third-order valence-corrected chi connectivity index (χ3v) is 9.09. The number of nitrogens with zero attached hydrogens (tertiary/aromatic N) is 1. The second kappa shape index (κ2) is 17.0. The second-order valence-electron chi connectivity index (χ2n) is 11.3. The SMILES string of the molecule is C[C@@H](NC(=O)COc1ccc([C@@H]2[C@@H](SCC(O)c3ccc(F)cc3)C(=O)N2c2ccc(F)cc2)cc1)C(=O)N[C@H](CCCCN)C(=O)O. The molecule has 1 saturated heterocycles. The van der Waals surface area contributed by atoms with Crippen molar-refractivity contribution >= 4 is 41.1 Å². The fourth-order valence-electron chi connectivity index (χ4n) is 5.12. The van der Waals surface area contributed by atoms with Gasteiger partial charge in [0.15, 0.2) is 6.61 Å². The number of aliphatic hydroxyl groups excluding tert-OH is 1. The molecule has 48 heavy (non-hydrogen) atoms. The maximum atomic E-state index is 13.6. The lowest BCUT2D eigenvalue weighted by atomic mass is 9.92. The standard InChI is InChI=1S/C34H38F2N4O7S/c1-20(32(43)39-27(34(45)46)4-2-3-17-37)38-29(42)18-47-26-15-7-22(8-16-26)30-31(33(44)40(30)25-13-11-24(36)12-14-25)48-19-28(41)21-5-9-23(35)10-6-21/h5-16,20,27-28,30-31,41H,2-4,17-19,37H2,1H3,(H,38,42)(H,39,43)(H,45,46)/t20-,27-,28?,30-,31-/m1/s1. The molecule has 256 valence electrons. The number of rotatable bonds is 17. The van der Waals surface area contributed by atoms with E-state index in [1.165, 1.54) is 67.2 Å². The minimum atomic E-state index is -1.18. The number of amides is 3. The highest BCUT2D eigenvalue weighted by Crippen LogP contribution is 2.46. The zero-order valence-electron chi connectivity index (χ0n) is 26.2. The Kier molecular flexibility index (Phi) is 12.9. The number of unbranched alkanes of at least 4 members (excludes halogenated alkanes) is 1. The van der Waals surface area contributed by atoms with Gasteiger partial charge in [0.2, 0.25) is 11.8 Å². The second-order valence-corrected chi connectivity index (χ2v) is 12.5. The maximum absolute atomic E-state index is 13.6. The lowest BCUT2D eigenvalue weighted by Gasteiger charge is -2.47. The van der Waals surface area contributed by atoms with E-state index < -0.39 is 65.5 Å². The summed E-state index contributed by atoms with van der Waals surface area (Å²) in [6.45, 7) is 1.43. The molecule has 0 aromatic heterocycles. The molecule has 0 radical (unpaired) electrons. The maximum Gasteiger partial charge on any atom is 0.326 e. The van der Waals surface area contributed by atoms with Crippen LogP contribution in [0.2, 0.25) is 0 Å². The first-order valence-corrected chi connectivity index (χ1v) is 16.4. The zero-order valence-corrected chi connectivity index (χ0v) is 27.0. The van der Waals surface area contributed by atoms with Gasteiger partial charge in [-0.1, -0.05) is 24.3 Å². The van der Waals surface area contributed by atoms with Crippen molar-refractivity contribution in [1.29, 1.82) is 0 Å². The van der Waals surface area contributed by atoms with Crippen LogP contribution >= 0.6 is 11.8 Å². The number of benzene rings is 3. The fraction of sp³-hybridized carbons (Fsp3) is 0.353. The molecule has 6 N–H and O–H groups in total. The van der Waals surface area contributed by atoms with Gasteiger partial charge < -0.3 is 36.2 Å². The van der Waals surface area contributed by atoms with Gasteiger partial charge in [0, 0.05) is 11.4 Å². The van der Waals surface area contributed by atoms with Gasteiger partial charge in [-0.05, 0) is 92.4 Å². The Hall–Kier alpha value is -4.53. The molecule has 0 aliphatic carbocycles. The van der Waals surface area contributed by atoms with Crippen molar-refractivity contribution in [3.8, 4) is 5.75 Å². The molecular formula is C34H38F2N4O7S. The molecule has 14 heteroatoms. The summed E-state index contributed by atoms with van der Waals surface area (Å²) in [6, 6.07) is 15.2. The smallest absolute Gasteiger partial charge is 0.326 e. The molecule has 4 rings (SSSR count). The van der Waals surface area contributed by atoms with Crippen LogP contribution < -0.4 is 26.0 Å². The van der Waals surface area contributed by atoms with Crippen molar-refractivity contribution in [3.63, 3.8) is 0 Å². The number of β-lactam (4-membered cyclic amide) rings is 1. The van der Waals surface area contributed by atoms with Crippen molar-refractivity contribution < 1.29 is 42.9 Å². The van der Waals surface area contributed by atoms with Crippen LogP contribution in [0.1, 0.15) is 49.5 Å². The van der Waals surface area contributed by atoms with Crippen molar-refractivity contribution in [2.75, 3.05) is 23.8 Å². The van der Waals surface area contributed by atoms with Gasteiger partial charge in [-0.25, -0.2) is 13.6 Å². The summed E-state index contributed by atoms with van der Waals surface area (Å²) in [5.41, 5.74) is 7.19. The van der Waals surface area contributed by atoms with Gasteiger partial charge in [-0.2, -0.15) is 0 Å². The molecule has 1 aliphatic heterocycles. The predicted molar refractivity (Wildman–Crippen MR) is 176 cm³/mol. The number of anilines is 1. The van der Waals surface area contributed by atoms with Crippen LogP contribution in [0, 0.1) is 11.6 Å². The largest absolute Gasteiger partial charge is 0.484 e. The van der Waals surface area contributed by atoms with Crippen LogP contribution in [-0.2, 0) is 19.2 Å². The zero-order chi connectivity index (χ0) is 34.8. The molecular weight excluding hydrogens is 646 g/mol. The van der Waals surface area contributed by atoms with Crippen LogP contribution in [0.3, 0.4) is 0 Å². The van der Waals surface area contributed by atoms with Crippen LogP contribution in [-0.4, -0.2) is 70.1 Å². The third-order valence-electron chi connectivity index (χ3n) is 7.76. The van der Waals surface area contributed by atoms with E-state index in [1.54, 1.807) is 29.2 Å². The van der Waals surface area contributed by atoms with E-state index in [9.17, 15) is 38.2 Å². The summed E-state index contributed by atoms with van der Waals surface area (Å²) in [5, 5.41) is 24.4. The first-order chi connectivity index (χ1) is 23.0. The number of aliphatic hydroxyl groups is 1.